The predicted molar refractivity (Wildman–Crippen MR) is 77.4 cm³/mol. The smallest absolute Gasteiger partial charge is 0.119 e. The van der Waals surface area contributed by atoms with Gasteiger partial charge in [0.25, 0.3) is 0 Å². The van der Waals surface area contributed by atoms with Gasteiger partial charge in [0, 0.05) is 25.2 Å². The van der Waals surface area contributed by atoms with Crippen LogP contribution in [-0.4, -0.2) is 31.1 Å². The zero-order valence-corrected chi connectivity index (χ0v) is 11.9. The van der Waals surface area contributed by atoms with Crippen LogP contribution < -0.4 is 10.5 Å². The van der Waals surface area contributed by atoms with Gasteiger partial charge < -0.3 is 10.5 Å². The molecule has 0 spiro atoms. The molecule has 0 aromatic heterocycles. The van der Waals surface area contributed by atoms with Crippen LogP contribution in [0, 0.1) is 5.92 Å². The predicted octanol–water partition coefficient (Wildman–Crippen LogP) is 2.35. The molecule has 1 aromatic rings. The molecule has 0 amide bonds. The summed E-state index contributed by atoms with van der Waals surface area (Å²) in [6, 6.07) is 7.42. The first-order valence-corrected chi connectivity index (χ1v) is 7.35. The molecule has 2 aliphatic rings. The molecular weight excluding hydrogens is 236 g/mol. The lowest BCUT2D eigenvalue weighted by atomic mass is 9.86. The minimum Gasteiger partial charge on any atom is -0.497 e. The summed E-state index contributed by atoms with van der Waals surface area (Å²) in [5, 5.41) is 0. The van der Waals surface area contributed by atoms with Crippen molar-refractivity contribution in [2.24, 2.45) is 11.7 Å². The van der Waals surface area contributed by atoms with E-state index in [1.165, 1.54) is 30.4 Å². The van der Waals surface area contributed by atoms with Gasteiger partial charge in [-0.3, -0.25) is 4.90 Å². The number of rotatable bonds is 2. The van der Waals surface area contributed by atoms with E-state index < -0.39 is 0 Å². The second kappa shape index (κ2) is 5.14. The second-order valence-corrected chi connectivity index (χ2v) is 6.07. The molecule has 104 valence electrons. The Balaban J connectivity index is 1.89. The lowest BCUT2D eigenvalue weighted by molar-refractivity contribution is 0.213. The van der Waals surface area contributed by atoms with Crippen LogP contribution >= 0.6 is 0 Å². The van der Waals surface area contributed by atoms with Crippen LogP contribution in [0.25, 0.3) is 0 Å². The lowest BCUT2D eigenvalue weighted by Crippen LogP contribution is -2.32. The van der Waals surface area contributed by atoms with Crippen molar-refractivity contribution in [3.8, 4) is 5.75 Å². The molecule has 2 N–H and O–H groups in total. The highest BCUT2D eigenvalue weighted by Crippen LogP contribution is 2.38. The molecule has 3 rings (SSSR count). The largest absolute Gasteiger partial charge is 0.497 e. The molecule has 0 saturated carbocycles. The highest BCUT2D eigenvalue weighted by Gasteiger charge is 2.34. The number of nitrogens with zero attached hydrogens (tertiary/aromatic N) is 1. The molecule has 1 heterocycles. The van der Waals surface area contributed by atoms with E-state index in [4.69, 9.17) is 10.5 Å². The number of methoxy groups -OCH3 is 1. The zero-order chi connectivity index (χ0) is 13.4. The van der Waals surface area contributed by atoms with Crippen molar-refractivity contribution in [3.63, 3.8) is 0 Å². The Labute approximate surface area is 115 Å². The third-order valence-electron chi connectivity index (χ3n) is 4.78. The number of ether oxygens (including phenoxy) is 1. The highest BCUT2D eigenvalue weighted by atomic mass is 16.5. The van der Waals surface area contributed by atoms with Crippen LogP contribution in [0.3, 0.4) is 0 Å². The van der Waals surface area contributed by atoms with Crippen molar-refractivity contribution in [1.29, 1.82) is 0 Å². The van der Waals surface area contributed by atoms with Gasteiger partial charge in [0.1, 0.15) is 5.75 Å². The Kier molecular flexibility index (Phi) is 3.50. The summed E-state index contributed by atoms with van der Waals surface area (Å²) in [5.41, 5.74) is 9.14. The third-order valence-corrected chi connectivity index (χ3v) is 4.78. The maximum Gasteiger partial charge on any atom is 0.119 e. The van der Waals surface area contributed by atoms with E-state index in [1.54, 1.807) is 7.11 Å². The molecule has 1 aliphatic carbocycles. The van der Waals surface area contributed by atoms with Crippen LogP contribution in [0.4, 0.5) is 0 Å². The fraction of sp³-hybridized carbons (Fsp3) is 0.625. The van der Waals surface area contributed by atoms with E-state index >= 15 is 0 Å². The van der Waals surface area contributed by atoms with Gasteiger partial charge in [-0.25, -0.2) is 0 Å². The van der Waals surface area contributed by atoms with Crippen molar-refractivity contribution in [1.82, 2.24) is 4.90 Å². The summed E-state index contributed by atoms with van der Waals surface area (Å²) in [5.74, 6) is 1.58. The van der Waals surface area contributed by atoms with Gasteiger partial charge in [-0.05, 0) is 48.4 Å². The van der Waals surface area contributed by atoms with Crippen LogP contribution in [-0.2, 0) is 6.42 Å². The van der Waals surface area contributed by atoms with Crippen molar-refractivity contribution in [2.45, 2.75) is 38.3 Å². The third kappa shape index (κ3) is 2.37. The van der Waals surface area contributed by atoms with Crippen LogP contribution in [0.2, 0.25) is 0 Å². The molecular formula is C16H24N2O. The topological polar surface area (TPSA) is 38.5 Å². The summed E-state index contributed by atoms with van der Waals surface area (Å²) < 4.78 is 5.39. The molecule has 19 heavy (non-hydrogen) atoms. The SMILES string of the molecule is COc1ccc2c(c1)C(N1CC(C)C(N)C1)CCC2. The minimum atomic E-state index is 0.330. The van der Waals surface area contributed by atoms with Gasteiger partial charge in [-0.2, -0.15) is 0 Å². The van der Waals surface area contributed by atoms with Gasteiger partial charge in [0.2, 0.25) is 0 Å². The number of nitrogens with two attached hydrogens (primary N) is 1. The number of hydrogen-bond acceptors (Lipinski definition) is 3. The monoisotopic (exact) mass is 260 g/mol. The summed E-state index contributed by atoms with van der Waals surface area (Å²) >= 11 is 0. The Morgan fingerprint density at radius 3 is 2.84 bits per heavy atom. The molecule has 0 bridgehead atoms. The molecule has 1 aliphatic heterocycles. The van der Waals surface area contributed by atoms with E-state index in [-0.39, 0.29) is 0 Å². The Bertz CT molecular complexity index is 450. The maximum absolute atomic E-state index is 6.19. The Morgan fingerprint density at radius 1 is 1.32 bits per heavy atom. The zero-order valence-electron chi connectivity index (χ0n) is 11.9. The van der Waals surface area contributed by atoms with E-state index in [0.717, 1.165) is 18.8 Å². The normalized spacial score (nSPS) is 31.2. The number of fused-ring (bicyclic) bond motifs is 1. The molecule has 1 fully saturated rings. The maximum atomic E-state index is 6.19. The summed E-state index contributed by atoms with van der Waals surface area (Å²) in [6.45, 7) is 4.42. The van der Waals surface area contributed by atoms with E-state index in [9.17, 15) is 0 Å². The van der Waals surface area contributed by atoms with Crippen molar-refractivity contribution in [2.75, 3.05) is 20.2 Å². The first kappa shape index (κ1) is 12.9. The standard InChI is InChI=1S/C16H24N2O/c1-11-9-18(10-15(11)17)16-5-3-4-12-6-7-13(19-2)8-14(12)16/h6-8,11,15-16H,3-5,9-10,17H2,1-2H3. The quantitative estimate of drug-likeness (QED) is 0.887. The van der Waals surface area contributed by atoms with Crippen LogP contribution in [0.15, 0.2) is 18.2 Å². The van der Waals surface area contributed by atoms with E-state index in [2.05, 4.69) is 30.0 Å². The summed E-state index contributed by atoms with van der Waals surface area (Å²) in [7, 11) is 1.74. The van der Waals surface area contributed by atoms with E-state index in [1.807, 2.05) is 0 Å². The number of aryl methyl sites for hydroxylation is 1. The average molecular weight is 260 g/mol. The second-order valence-electron chi connectivity index (χ2n) is 6.07. The lowest BCUT2D eigenvalue weighted by Gasteiger charge is -2.33. The Hall–Kier alpha value is -1.06. The molecule has 3 nitrogen and oxygen atoms in total. The Morgan fingerprint density at radius 2 is 2.16 bits per heavy atom. The van der Waals surface area contributed by atoms with Gasteiger partial charge in [-0.15, -0.1) is 0 Å². The fourth-order valence-electron chi connectivity index (χ4n) is 3.54. The molecule has 3 heteroatoms. The first-order valence-electron chi connectivity index (χ1n) is 7.35. The average Bonchev–Trinajstić information content (AvgIpc) is 2.77. The highest BCUT2D eigenvalue weighted by molar-refractivity contribution is 5.39. The van der Waals surface area contributed by atoms with Crippen LogP contribution in [0.1, 0.15) is 36.9 Å². The summed E-state index contributed by atoms with van der Waals surface area (Å²) in [4.78, 5) is 2.58. The van der Waals surface area contributed by atoms with Gasteiger partial charge >= 0.3 is 0 Å². The fourth-order valence-corrected chi connectivity index (χ4v) is 3.54. The molecule has 0 radical (unpaired) electrons. The van der Waals surface area contributed by atoms with Gasteiger partial charge in [-0.1, -0.05) is 13.0 Å². The van der Waals surface area contributed by atoms with Gasteiger partial charge in [0.05, 0.1) is 7.11 Å². The molecule has 3 unspecified atom stereocenters. The summed E-state index contributed by atoms with van der Waals surface area (Å²) in [6.07, 6.45) is 3.73. The number of benzene rings is 1. The minimum absolute atomic E-state index is 0.330. The molecule has 1 saturated heterocycles. The number of likely N-dealkylation sites (tertiary alicyclic amines) is 1. The van der Waals surface area contributed by atoms with Crippen molar-refractivity contribution < 1.29 is 4.74 Å². The van der Waals surface area contributed by atoms with E-state index in [0.29, 0.717) is 18.0 Å². The molecule has 3 atom stereocenters. The number of hydrogen-bond donors (Lipinski definition) is 1. The van der Waals surface area contributed by atoms with Crippen molar-refractivity contribution >= 4 is 0 Å². The molecule has 1 aromatic carbocycles. The van der Waals surface area contributed by atoms with Crippen LogP contribution in [0.5, 0.6) is 5.75 Å². The van der Waals surface area contributed by atoms with Crippen molar-refractivity contribution in [3.05, 3.63) is 29.3 Å². The van der Waals surface area contributed by atoms with Gasteiger partial charge in [0.15, 0.2) is 0 Å². The first-order chi connectivity index (χ1) is 9.19.